The largest absolute Gasteiger partial charge is 0.395 e. The molecule has 98 valence electrons. The summed E-state index contributed by atoms with van der Waals surface area (Å²) >= 11 is 0. The quantitative estimate of drug-likeness (QED) is 0.892. The molecule has 0 fully saturated rings. The first-order valence-corrected chi connectivity index (χ1v) is 6.54. The van der Waals surface area contributed by atoms with Crippen LogP contribution in [-0.4, -0.2) is 29.7 Å². The van der Waals surface area contributed by atoms with Crippen molar-refractivity contribution in [1.29, 1.82) is 5.26 Å². The summed E-state index contributed by atoms with van der Waals surface area (Å²) in [6.45, 7) is 3.32. The standard InChI is InChI=1S/C16H18N2O/c1-2-18(10-11-19)16(12-17)15-9-5-7-13-6-3-4-8-14(13)15/h3-9,16,19H,2,10-11H2,1H3. The van der Waals surface area contributed by atoms with Crippen LogP contribution in [0.2, 0.25) is 0 Å². The maximum Gasteiger partial charge on any atom is 0.124 e. The Morgan fingerprint density at radius 1 is 1.21 bits per heavy atom. The Bertz CT molecular complexity index is 583. The number of fused-ring (bicyclic) bond motifs is 1. The van der Waals surface area contributed by atoms with Gasteiger partial charge in [0.2, 0.25) is 0 Å². The minimum atomic E-state index is -0.316. The SMILES string of the molecule is CCN(CCO)C(C#N)c1cccc2ccccc12. The predicted octanol–water partition coefficient (Wildman–Crippen LogP) is 2.72. The van der Waals surface area contributed by atoms with Crippen molar-refractivity contribution in [1.82, 2.24) is 4.90 Å². The highest BCUT2D eigenvalue weighted by Gasteiger charge is 2.19. The van der Waals surface area contributed by atoms with E-state index in [1.807, 2.05) is 42.2 Å². The fourth-order valence-corrected chi connectivity index (χ4v) is 2.44. The molecule has 2 aromatic rings. The third-order valence-electron chi connectivity index (χ3n) is 3.40. The van der Waals surface area contributed by atoms with Crippen LogP contribution in [0.3, 0.4) is 0 Å². The molecule has 2 aromatic carbocycles. The van der Waals surface area contributed by atoms with Gasteiger partial charge in [0.25, 0.3) is 0 Å². The van der Waals surface area contributed by atoms with Crippen LogP contribution in [0.25, 0.3) is 10.8 Å². The number of benzene rings is 2. The van der Waals surface area contributed by atoms with Crippen molar-refractivity contribution >= 4 is 10.8 Å². The van der Waals surface area contributed by atoms with Crippen molar-refractivity contribution < 1.29 is 5.11 Å². The van der Waals surface area contributed by atoms with Gasteiger partial charge >= 0.3 is 0 Å². The van der Waals surface area contributed by atoms with E-state index in [2.05, 4.69) is 18.2 Å². The molecule has 1 N–H and O–H groups in total. The van der Waals surface area contributed by atoms with Gasteiger partial charge in [-0.05, 0) is 22.9 Å². The molecule has 0 radical (unpaired) electrons. The molecule has 2 rings (SSSR count). The predicted molar refractivity (Wildman–Crippen MR) is 76.6 cm³/mol. The number of rotatable bonds is 5. The van der Waals surface area contributed by atoms with E-state index in [0.717, 1.165) is 22.9 Å². The van der Waals surface area contributed by atoms with E-state index in [1.54, 1.807) is 0 Å². The third-order valence-corrected chi connectivity index (χ3v) is 3.40. The molecule has 3 nitrogen and oxygen atoms in total. The van der Waals surface area contributed by atoms with Gasteiger partial charge in [-0.2, -0.15) is 5.26 Å². The third kappa shape index (κ3) is 2.76. The molecule has 1 unspecified atom stereocenters. The normalized spacial score (nSPS) is 12.5. The molecule has 0 aliphatic heterocycles. The number of nitrogens with zero attached hydrogens (tertiary/aromatic N) is 2. The molecule has 0 amide bonds. The maximum absolute atomic E-state index is 9.49. The van der Waals surface area contributed by atoms with Crippen LogP contribution in [0.1, 0.15) is 18.5 Å². The molecule has 0 saturated heterocycles. The summed E-state index contributed by atoms with van der Waals surface area (Å²) in [7, 11) is 0. The zero-order valence-corrected chi connectivity index (χ0v) is 11.1. The van der Waals surface area contributed by atoms with Gasteiger partial charge in [0.1, 0.15) is 6.04 Å². The first-order chi connectivity index (χ1) is 9.31. The topological polar surface area (TPSA) is 47.3 Å². The first-order valence-electron chi connectivity index (χ1n) is 6.54. The lowest BCUT2D eigenvalue weighted by atomic mass is 9.98. The number of hydrogen-bond acceptors (Lipinski definition) is 3. The van der Waals surface area contributed by atoms with Gasteiger partial charge in [0, 0.05) is 6.54 Å². The lowest BCUT2D eigenvalue weighted by molar-refractivity contribution is 0.181. The van der Waals surface area contributed by atoms with Gasteiger partial charge in [0.05, 0.1) is 12.7 Å². The van der Waals surface area contributed by atoms with Gasteiger partial charge < -0.3 is 5.11 Å². The van der Waals surface area contributed by atoms with Gasteiger partial charge in [-0.25, -0.2) is 0 Å². The second kappa shape index (κ2) is 6.33. The zero-order valence-electron chi connectivity index (χ0n) is 11.1. The Balaban J connectivity index is 2.49. The van der Waals surface area contributed by atoms with Crippen molar-refractivity contribution in [2.45, 2.75) is 13.0 Å². The molecule has 0 saturated carbocycles. The molecule has 0 aliphatic rings. The second-order valence-corrected chi connectivity index (χ2v) is 4.45. The second-order valence-electron chi connectivity index (χ2n) is 4.45. The fraction of sp³-hybridized carbons (Fsp3) is 0.312. The number of aliphatic hydroxyl groups is 1. The maximum atomic E-state index is 9.49. The summed E-state index contributed by atoms with van der Waals surface area (Å²) in [5, 5.41) is 20.9. The minimum Gasteiger partial charge on any atom is -0.395 e. The van der Waals surface area contributed by atoms with Crippen LogP contribution in [0.4, 0.5) is 0 Å². The van der Waals surface area contributed by atoms with Crippen LogP contribution < -0.4 is 0 Å². The smallest absolute Gasteiger partial charge is 0.124 e. The Kier molecular flexibility index (Phi) is 4.51. The van der Waals surface area contributed by atoms with Crippen LogP contribution >= 0.6 is 0 Å². The summed E-state index contributed by atoms with van der Waals surface area (Å²) in [4.78, 5) is 1.99. The van der Waals surface area contributed by atoms with Crippen molar-refractivity contribution in [3.05, 3.63) is 48.0 Å². The highest BCUT2D eigenvalue weighted by molar-refractivity contribution is 5.86. The van der Waals surface area contributed by atoms with Crippen LogP contribution in [-0.2, 0) is 0 Å². The molecule has 0 heterocycles. The Morgan fingerprint density at radius 2 is 1.95 bits per heavy atom. The molecule has 19 heavy (non-hydrogen) atoms. The van der Waals surface area contributed by atoms with Crippen molar-refractivity contribution in [2.24, 2.45) is 0 Å². The van der Waals surface area contributed by atoms with Gasteiger partial charge in [-0.15, -0.1) is 0 Å². The number of hydrogen-bond donors (Lipinski definition) is 1. The van der Waals surface area contributed by atoms with Crippen LogP contribution in [0.5, 0.6) is 0 Å². The highest BCUT2D eigenvalue weighted by atomic mass is 16.3. The van der Waals surface area contributed by atoms with E-state index < -0.39 is 0 Å². The van der Waals surface area contributed by atoms with E-state index in [4.69, 9.17) is 5.11 Å². The van der Waals surface area contributed by atoms with E-state index in [9.17, 15) is 5.26 Å². The molecular formula is C16H18N2O. The summed E-state index contributed by atoms with van der Waals surface area (Å²) in [6, 6.07) is 16.2. The fourth-order valence-electron chi connectivity index (χ4n) is 2.44. The summed E-state index contributed by atoms with van der Waals surface area (Å²) in [5.74, 6) is 0. The van der Waals surface area contributed by atoms with Crippen molar-refractivity contribution in [2.75, 3.05) is 19.7 Å². The first kappa shape index (κ1) is 13.5. The van der Waals surface area contributed by atoms with Crippen molar-refractivity contribution in [3.63, 3.8) is 0 Å². The Hall–Kier alpha value is -1.89. The van der Waals surface area contributed by atoms with Gasteiger partial charge in [-0.1, -0.05) is 49.4 Å². The average Bonchev–Trinajstić information content (AvgIpc) is 2.47. The number of aliphatic hydroxyl groups excluding tert-OH is 1. The van der Waals surface area contributed by atoms with Crippen LogP contribution in [0, 0.1) is 11.3 Å². The minimum absolute atomic E-state index is 0.0663. The summed E-state index contributed by atoms with van der Waals surface area (Å²) in [6.07, 6.45) is 0. The zero-order chi connectivity index (χ0) is 13.7. The van der Waals surface area contributed by atoms with Crippen molar-refractivity contribution in [3.8, 4) is 6.07 Å². The van der Waals surface area contributed by atoms with E-state index >= 15 is 0 Å². The lowest BCUT2D eigenvalue weighted by Gasteiger charge is -2.26. The number of likely N-dealkylation sites (N-methyl/N-ethyl adjacent to an activating group) is 1. The molecule has 3 heteroatoms. The summed E-state index contributed by atoms with van der Waals surface area (Å²) < 4.78 is 0. The molecular weight excluding hydrogens is 236 g/mol. The van der Waals surface area contributed by atoms with Gasteiger partial charge in [0.15, 0.2) is 0 Å². The molecule has 0 spiro atoms. The van der Waals surface area contributed by atoms with E-state index in [-0.39, 0.29) is 12.6 Å². The summed E-state index contributed by atoms with van der Waals surface area (Å²) in [5.41, 5.74) is 1.01. The molecule has 0 aromatic heterocycles. The molecule has 0 bridgehead atoms. The Morgan fingerprint density at radius 3 is 2.63 bits per heavy atom. The number of nitriles is 1. The monoisotopic (exact) mass is 254 g/mol. The van der Waals surface area contributed by atoms with E-state index in [0.29, 0.717) is 6.54 Å². The van der Waals surface area contributed by atoms with Crippen LogP contribution in [0.15, 0.2) is 42.5 Å². The molecule has 1 atom stereocenters. The van der Waals surface area contributed by atoms with Gasteiger partial charge in [-0.3, -0.25) is 4.90 Å². The molecule has 0 aliphatic carbocycles. The lowest BCUT2D eigenvalue weighted by Crippen LogP contribution is -2.30. The average molecular weight is 254 g/mol. The highest BCUT2D eigenvalue weighted by Crippen LogP contribution is 2.27. The Labute approximate surface area is 113 Å². The van der Waals surface area contributed by atoms with E-state index in [1.165, 1.54) is 0 Å².